The molecular weight excluding hydrogens is 289 g/mol. The van der Waals surface area contributed by atoms with Crippen LogP contribution in [-0.4, -0.2) is 0 Å². The molecule has 2 aromatic rings. The fraction of sp³-hybridized carbons (Fsp3) is 0.143. The van der Waals surface area contributed by atoms with Crippen LogP contribution in [0.15, 0.2) is 42.5 Å². The van der Waals surface area contributed by atoms with Crippen molar-refractivity contribution >= 4 is 23.0 Å². The van der Waals surface area contributed by atoms with Crippen LogP contribution < -0.4 is 11.1 Å². The number of hydrogen-bond acceptors (Lipinski definition) is 2. The van der Waals surface area contributed by atoms with Crippen molar-refractivity contribution in [3.63, 3.8) is 0 Å². The molecule has 0 aliphatic heterocycles. The van der Waals surface area contributed by atoms with Crippen LogP contribution in [0.1, 0.15) is 11.1 Å². The van der Waals surface area contributed by atoms with Crippen molar-refractivity contribution in [3.8, 4) is 0 Å². The molecule has 0 saturated heterocycles. The van der Waals surface area contributed by atoms with Crippen molar-refractivity contribution in [3.05, 3.63) is 58.6 Å². The van der Waals surface area contributed by atoms with Crippen LogP contribution in [-0.2, 0) is 12.7 Å². The first-order valence-electron chi connectivity index (χ1n) is 5.81. The Morgan fingerprint density at radius 1 is 1.10 bits per heavy atom. The summed E-state index contributed by atoms with van der Waals surface area (Å²) >= 11 is 5.83. The molecule has 0 unspecified atom stereocenters. The van der Waals surface area contributed by atoms with Gasteiger partial charge in [-0.25, -0.2) is 0 Å². The molecule has 3 N–H and O–H groups in total. The summed E-state index contributed by atoms with van der Waals surface area (Å²) in [5, 5.41) is 3.30. The summed E-state index contributed by atoms with van der Waals surface area (Å²) in [6.07, 6.45) is -4.45. The lowest BCUT2D eigenvalue weighted by Gasteiger charge is -2.15. The largest absolute Gasteiger partial charge is 0.418 e. The highest BCUT2D eigenvalue weighted by molar-refractivity contribution is 6.30. The molecule has 0 heterocycles. The van der Waals surface area contributed by atoms with Crippen LogP contribution >= 0.6 is 11.6 Å². The van der Waals surface area contributed by atoms with Gasteiger partial charge >= 0.3 is 6.18 Å². The molecule has 0 aromatic heterocycles. The van der Waals surface area contributed by atoms with E-state index in [1.807, 2.05) is 0 Å². The van der Waals surface area contributed by atoms with Gasteiger partial charge < -0.3 is 11.1 Å². The summed E-state index contributed by atoms with van der Waals surface area (Å²) in [4.78, 5) is 0. The minimum absolute atomic E-state index is 0.00771. The third-order valence-electron chi connectivity index (χ3n) is 2.72. The van der Waals surface area contributed by atoms with Crippen LogP contribution in [0.2, 0.25) is 5.02 Å². The molecule has 0 radical (unpaired) electrons. The molecule has 0 aliphatic rings. The normalized spacial score (nSPS) is 11.4. The zero-order chi connectivity index (χ0) is 14.8. The number of benzene rings is 2. The second-order valence-electron chi connectivity index (χ2n) is 4.29. The van der Waals surface area contributed by atoms with E-state index in [4.69, 9.17) is 17.3 Å². The van der Waals surface area contributed by atoms with Crippen LogP contribution in [0.4, 0.5) is 24.5 Å². The number of nitrogen functional groups attached to an aromatic ring is 1. The van der Waals surface area contributed by atoms with Gasteiger partial charge in [-0.05, 0) is 35.9 Å². The van der Waals surface area contributed by atoms with Gasteiger partial charge in [0, 0.05) is 22.9 Å². The van der Waals surface area contributed by atoms with Gasteiger partial charge in [-0.3, -0.25) is 0 Å². The van der Waals surface area contributed by atoms with Crippen molar-refractivity contribution < 1.29 is 13.2 Å². The molecule has 2 nitrogen and oxygen atoms in total. The van der Waals surface area contributed by atoms with Crippen LogP contribution in [0, 0.1) is 0 Å². The monoisotopic (exact) mass is 300 g/mol. The van der Waals surface area contributed by atoms with E-state index in [-0.39, 0.29) is 17.9 Å². The summed E-state index contributed by atoms with van der Waals surface area (Å²) in [5.41, 5.74) is 5.49. The predicted octanol–water partition coefficient (Wildman–Crippen LogP) is 4.55. The average molecular weight is 301 g/mol. The zero-order valence-corrected chi connectivity index (χ0v) is 11.1. The first kappa shape index (κ1) is 14.5. The van der Waals surface area contributed by atoms with Crippen molar-refractivity contribution in [2.75, 3.05) is 11.1 Å². The summed E-state index contributed by atoms with van der Waals surface area (Å²) in [6.45, 7) is 0.244. The van der Waals surface area contributed by atoms with Gasteiger partial charge in [0.15, 0.2) is 0 Å². The number of nitrogens with one attached hydrogen (secondary N) is 1. The Morgan fingerprint density at radius 3 is 2.50 bits per heavy atom. The van der Waals surface area contributed by atoms with Crippen molar-refractivity contribution in [1.82, 2.24) is 0 Å². The van der Waals surface area contributed by atoms with Gasteiger partial charge in [0.05, 0.1) is 5.56 Å². The molecule has 0 aliphatic carbocycles. The SMILES string of the molecule is Nc1ccc(NCc2cccc(Cl)c2)c(C(F)(F)F)c1. The first-order valence-corrected chi connectivity index (χ1v) is 6.19. The van der Waals surface area contributed by atoms with Gasteiger partial charge in [0.2, 0.25) is 0 Å². The highest BCUT2D eigenvalue weighted by atomic mass is 35.5. The standard InChI is InChI=1S/C14H12ClF3N2/c15-10-3-1-2-9(6-10)8-20-13-5-4-11(19)7-12(13)14(16,17)18/h1-7,20H,8,19H2. The molecule has 0 bridgehead atoms. The van der Waals surface area contributed by atoms with E-state index >= 15 is 0 Å². The molecule has 0 spiro atoms. The topological polar surface area (TPSA) is 38.0 Å². The molecule has 106 valence electrons. The fourth-order valence-electron chi connectivity index (χ4n) is 1.79. The number of hydrogen-bond donors (Lipinski definition) is 2. The maximum Gasteiger partial charge on any atom is 0.418 e. The van der Waals surface area contributed by atoms with Crippen molar-refractivity contribution in [2.24, 2.45) is 0 Å². The number of nitrogens with two attached hydrogens (primary N) is 1. The molecular formula is C14H12ClF3N2. The number of alkyl halides is 3. The lowest BCUT2D eigenvalue weighted by Crippen LogP contribution is -2.11. The molecule has 0 atom stereocenters. The average Bonchev–Trinajstić information content (AvgIpc) is 2.36. The Balaban J connectivity index is 2.21. The number of rotatable bonds is 3. The lowest BCUT2D eigenvalue weighted by atomic mass is 10.1. The molecule has 0 saturated carbocycles. The van der Waals surface area contributed by atoms with E-state index in [0.29, 0.717) is 5.02 Å². The van der Waals surface area contributed by atoms with E-state index in [1.165, 1.54) is 12.1 Å². The van der Waals surface area contributed by atoms with Gasteiger partial charge in [0.25, 0.3) is 0 Å². The highest BCUT2D eigenvalue weighted by Crippen LogP contribution is 2.36. The number of anilines is 2. The van der Waals surface area contributed by atoms with Crippen LogP contribution in [0.3, 0.4) is 0 Å². The van der Waals surface area contributed by atoms with E-state index in [2.05, 4.69) is 5.32 Å². The minimum Gasteiger partial charge on any atom is -0.399 e. The molecule has 20 heavy (non-hydrogen) atoms. The summed E-state index contributed by atoms with van der Waals surface area (Å²) in [5.74, 6) is 0. The minimum atomic E-state index is -4.45. The smallest absolute Gasteiger partial charge is 0.399 e. The van der Waals surface area contributed by atoms with E-state index in [0.717, 1.165) is 11.6 Å². The Morgan fingerprint density at radius 2 is 1.85 bits per heavy atom. The van der Waals surface area contributed by atoms with Gasteiger partial charge in [0.1, 0.15) is 0 Å². The van der Waals surface area contributed by atoms with E-state index in [9.17, 15) is 13.2 Å². The van der Waals surface area contributed by atoms with E-state index < -0.39 is 11.7 Å². The number of halogens is 4. The van der Waals surface area contributed by atoms with E-state index in [1.54, 1.807) is 24.3 Å². The van der Waals surface area contributed by atoms with Gasteiger partial charge in [-0.1, -0.05) is 23.7 Å². The molecule has 6 heteroatoms. The summed E-state index contributed by atoms with van der Waals surface area (Å²) in [7, 11) is 0. The van der Waals surface area contributed by atoms with Gasteiger partial charge in [-0.15, -0.1) is 0 Å². The Kier molecular flexibility index (Phi) is 4.09. The summed E-state index contributed by atoms with van der Waals surface area (Å²) < 4.78 is 38.7. The molecule has 0 fully saturated rings. The maximum absolute atomic E-state index is 12.9. The van der Waals surface area contributed by atoms with Crippen molar-refractivity contribution in [1.29, 1.82) is 0 Å². The molecule has 2 rings (SSSR count). The molecule has 2 aromatic carbocycles. The maximum atomic E-state index is 12.9. The Labute approximate surface area is 119 Å². The van der Waals surface area contributed by atoms with Crippen LogP contribution in [0.5, 0.6) is 0 Å². The first-order chi connectivity index (χ1) is 9.36. The second kappa shape index (κ2) is 5.63. The third kappa shape index (κ3) is 3.57. The van der Waals surface area contributed by atoms with Crippen molar-refractivity contribution in [2.45, 2.75) is 12.7 Å². The Bertz CT molecular complexity index is 612. The fourth-order valence-corrected chi connectivity index (χ4v) is 2.01. The third-order valence-corrected chi connectivity index (χ3v) is 2.96. The summed E-state index contributed by atoms with van der Waals surface area (Å²) in [6, 6.07) is 10.6. The lowest BCUT2D eigenvalue weighted by molar-refractivity contribution is -0.136. The molecule has 0 amide bonds. The highest BCUT2D eigenvalue weighted by Gasteiger charge is 2.33. The quantitative estimate of drug-likeness (QED) is 0.816. The zero-order valence-electron chi connectivity index (χ0n) is 10.3. The second-order valence-corrected chi connectivity index (χ2v) is 4.72. The van der Waals surface area contributed by atoms with Crippen LogP contribution in [0.25, 0.3) is 0 Å². The van der Waals surface area contributed by atoms with Gasteiger partial charge in [-0.2, -0.15) is 13.2 Å². The Hall–Kier alpha value is -1.88. The predicted molar refractivity (Wildman–Crippen MR) is 74.6 cm³/mol.